The van der Waals surface area contributed by atoms with Gasteiger partial charge in [0, 0.05) is 25.9 Å². The van der Waals surface area contributed by atoms with Gasteiger partial charge in [0.05, 0.1) is 21.6 Å². The number of anilines is 1. The maximum absolute atomic E-state index is 14.1. The number of aromatic nitrogens is 3. The van der Waals surface area contributed by atoms with E-state index in [1.54, 1.807) is 24.4 Å². The average Bonchev–Trinajstić information content (AvgIpc) is 2.91. The van der Waals surface area contributed by atoms with Gasteiger partial charge in [0.2, 0.25) is 0 Å². The van der Waals surface area contributed by atoms with Gasteiger partial charge in [-0.05, 0) is 29.7 Å². The van der Waals surface area contributed by atoms with Crippen LogP contribution < -0.4 is 10.5 Å². The van der Waals surface area contributed by atoms with Crippen LogP contribution in [0.15, 0.2) is 47.7 Å². The first-order chi connectivity index (χ1) is 11.6. The molecule has 4 rings (SSSR count). The van der Waals surface area contributed by atoms with Crippen molar-refractivity contribution < 1.29 is 4.39 Å². The van der Waals surface area contributed by atoms with Crippen molar-refractivity contribution in [1.29, 1.82) is 0 Å². The summed E-state index contributed by atoms with van der Waals surface area (Å²) in [6, 6.07) is 8.03. The molecule has 1 aliphatic carbocycles. The number of hydrogen-bond acceptors (Lipinski definition) is 5. The molecule has 0 radical (unpaired) electrons. The summed E-state index contributed by atoms with van der Waals surface area (Å²) in [6.07, 6.45) is 3.08. The molecule has 0 unspecified atom stereocenters. The largest absolute Gasteiger partial charge is 0.375 e. The Kier molecular flexibility index (Phi) is 3.31. The van der Waals surface area contributed by atoms with Crippen molar-refractivity contribution in [2.75, 3.05) is 19.0 Å². The molecule has 0 amide bonds. The van der Waals surface area contributed by atoms with E-state index in [1.807, 2.05) is 25.1 Å². The quantitative estimate of drug-likeness (QED) is 0.562. The molecule has 0 saturated heterocycles. The van der Waals surface area contributed by atoms with Crippen LogP contribution in [0.3, 0.4) is 0 Å². The lowest BCUT2D eigenvalue weighted by Gasteiger charge is -2.13. The summed E-state index contributed by atoms with van der Waals surface area (Å²) in [6.45, 7) is 0. The Morgan fingerprint density at radius 1 is 1.21 bits per heavy atom. The maximum Gasteiger partial charge on any atom is 0.267 e. The highest BCUT2D eigenvalue weighted by Crippen LogP contribution is 2.43. The van der Waals surface area contributed by atoms with Gasteiger partial charge in [0.25, 0.3) is 5.56 Å². The first kappa shape index (κ1) is 14.8. The van der Waals surface area contributed by atoms with E-state index >= 15 is 0 Å². The molecule has 0 atom stereocenters. The zero-order valence-corrected chi connectivity index (χ0v) is 13.8. The SMILES string of the molecule is CN(C)c1c2ccnsc-2c2c(=O)n(-c3ccccc3F)cnc12. The van der Waals surface area contributed by atoms with Gasteiger partial charge in [0.15, 0.2) is 0 Å². The summed E-state index contributed by atoms with van der Waals surface area (Å²) >= 11 is 1.24. The van der Waals surface area contributed by atoms with Gasteiger partial charge in [-0.1, -0.05) is 12.1 Å². The van der Waals surface area contributed by atoms with Gasteiger partial charge in [-0.3, -0.25) is 9.36 Å². The molecule has 5 nitrogen and oxygen atoms in total. The van der Waals surface area contributed by atoms with Crippen LogP contribution in [-0.2, 0) is 0 Å². The topological polar surface area (TPSA) is 51.0 Å². The van der Waals surface area contributed by atoms with Crippen molar-refractivity contribution in [2.45, 2.75) is 0 Å². The molecule has 0 bridgehead atoms. The fourth-order valence-electron chi connectivity index (χ4n) is 2.92. The number of fused-ring (bicyclic) bond motifs is 3. The van der Waals surface area contributed by atoms with Crippen LogP contribution in [0.25, 0.3) is 27.0 Å². The third-order valence-corrected chi connectivity index (χ3v) is 4.76. The number of hydrogen-bond donors (Lipinski definition) is 0. The molecule has 0 N–H and O–H groups in total. The van der Waals surface area contributed by atoms with Gasteiger partial charge in [-0.25, -0.2) is 13.7 Å². The highest BCUT2D eigenvalue weighted by atomic mass is 32.1. The van der Waals surface area contributed by atoms with Crippen molar-refractivity contribution in [3.63, 3.8) is 0 Å². The molecule has 120 valence electrons. The molecule has 24 heavy (non-hydrogen) atoms. The minimum absolute atomic E-state index is 0.187. The molecule has 7 heteroatoms. The molecular weight excluding hydrogens is 327 g/mol. The van der Waals surface area contributed by atoms with E-state index in [0.29, 0.717) is 10.9 Å². The number of benzene rings is 1. The van der Waals surface area contributed by atoms with Crippen LogP contribution in [0.4, 0.5) is 10.1 Å². The molecule has 2 heterocycles. The summed E-state index contributed by atoms with van der Waals surface area (Å²) in [5.41, 5.74) is 2.29. The third-order valence-electron chi connectivity index (χ3n) is 3.93. The van der Waals surface area contributed by atoms with Crippen molar-refractivity contribution in [2.24, 2.45) is 0 Å². The van der Waals surface area contributed by atoms with Crippen molar-refractivity contribution in [3.8, 4) is 16.1 Å². The summed E-state index contributed by atoms with van der Waals surface area (Å²) in [7, 11) is 3.81. The van der Waals surface area contributed by atoms with Crippen LogP contribution in [0.2, 0.25) is 0 Å². The zero-order valence-electron chi connectivity index (χ0n) is 13.0. The Labute approximate surface area is 141 Å². The Hall–Kier alpha value is -2.80. The van der Waals surface area contributed by atoms with Gasteiger partial charge in [0.1, 0.15) is 17.7 Å². The van der Waals surface area contributed by atoms with Crippen molar-refractivity contribution in [3.05, 3.63) is 59.0 Å². The molecule has 2 aliphatic rings. The Bertz CT molecular complexity index is 1090. The molecular formula is C17H13FN4OS. The second kappa shape index (κ2) is 5.38. The number of rotatable bonds is 2. The second-order valence-electron chi connectivity index (χ2n) is 5.59. The molecule has 1 aliphatic heterocycles. The van der Waals surface area contributed by atoms with Gasteiger partial charge in [-0.15, -0.1) is 0 Å². The summed E-state index contributed by atoms with van der Waals surface area (Å²) in [4.78, 5) is 20.2. The van der Waals surface area contributed by atoms with Gasteiger partial charge in [-0.2, -0.15) is 0 Å². The number of para-hydroxylation sites is 1. The highest BCUT2D eigenvalue weighted by molar-refractivity contribution is 7.10. The average molecular weight is 340 g/mol. The second-order valence-corrected chi connectivity index (χ2v) is 6.39. The van der Waals surface area contributed by atoms with Gasteiger partial charge >= 0.3 is 0 Å². The molecule has 1 aromatic heterocycles. The fraction of sp³-hybridized carbons (Fsp3) is 0.118. The standard InChI is InChI=1S/C17H13FN4OS/c1-21(2)15-10-7-8-20-24-16(10)13-14(15)19-9-22(17(13)23)12-6-4-3-5-11(12)18/h3-9H,1-2H3. The lowest BCUT2D eigenvalue weighted by Crippen LogP contribution is -2.19. The van der Waals surface area contributed by atoms with E-state index in [-0.39, 0.29) is 11.2 Å². The van der Waals surface area contributed by atoms with Gasteiger partial charge < -0.3 is 4.90 Å². The lowest BCUT2D eigenvalue weighted by molar-refractivity contribution is 0.615. The smallest absolute Gasteiger partial charge is 0.267 e. The predicted molar refractivity (Wildman–Crippen MR) is 93.9 cm³/mol. The van der Waals surface area contributed by atoms with E-state index in [1.165, 1.54) is 28.5 Å². The summed E-state index contributed by atoms with van der Waals surface area (Å²) in [5.74, 6) is -0.466. The highest BCUT2D eigenvalue weighted by Gasteiger charge is 2.24. The van der Waals surface area contributed by atoms with E-state index in [0.717, 1.165) is 16.1 Å². The predicted octanol–water partition coefficient (Wildman–Crippen LogP) is 3.15. The monoisotopic (exact) mass is 340 g/mol. The molecule has 1 aromatic carbocycles. The fourth-order valence-corrected chi connectivity index (χ4v) is 3.68. The first-order valence-electron chi connectivity index (χ1n) is 7.29. The molecule has 0 saturated carbocycles. The van der Waals surface area contributed by atoms with E-state index in [4.69, 9.17) is 0 Å². The Morgan fingerprint density at radius 3 is 2.75 bits per heavy atom. The molecule has 0 spiro atoms. The van der Waals surface area contributed by atoms with Crippen LogP contribution >= 0.6 is 11.5 Å². The number of halogens is 1. The van der Waals surface area contributed by atoms with E-state index < -0.39 is 5.82 Å². The number of nitrogens with zero attached hydrogens (tertiary/aromatic N) is 4. The van der Waals surface area contributed by atoms with Crippen molar-refractivity contribution >= 4 is 28.1 Å². The van der Waals surface area contributed by atoms with Crippen molar-refractivity contribution in [1.82, 2.24) is 13.9 Å². The maximum atomic E-state index is 14.1. The van der Waals surface area contributed by atoms with Crippen LogP contribution in [0, 0.1) is 5.82 Å². The normalized spacial score (nSPS) is 11.3. The molecule has 2 aromatic rings. The summed E-state index contributed by atoms with van der Waals surface area (Å²) in [5, 5.41) is 0.470. The van der Waals surface area contributed by atoms with Crippen LogP contribution in [0.1, 0.15) is 0 Å². The van der Waals surface area contributed by atoms with Crippen LogP contribution in [-0.4, -0.2) is 28.0 Å². The van der Waals surface area contributed by atoms with E-state index in [2.05, 4.69) is 9.36 Å². The van der Waals surface area contributed by atoms with E-state index in [9.17, 15) is 9.18 Å². The summed E-state index contributed by atoms with van der Waals surface area (Å²) < 4.78 is 19.5. The minimum atomic E-state index is -0.466. The Morgan fingerprint density at radius 2 is 2.00 bits per heavy atom. The Balaban J connectivity index is 2.14. The van der Waals surface area contributed by atoms with Crippen LogP contribution in [0.5, 0.6) is 0 Å². The minimum Gasteiger partial charge on any atom is -0.375 e. The zero-order chi connectivity index (χ0) is 16.8. The lowest BCUT2D eigenvalue weighted by atomic mass is 10.2. The third kappa shape index (κ3) is 2.01. The first-order valence-corrected chi connectivity index (χ1v) is 8.07. The molecule has 0 fully saturated rings.